The summed E-state index contributed by atoms with van der Waals surface area (Å²) in [6, 6.07) is 16.5. The molecule has 25 heavy (non-hydrogen) atoms. The van der Waals surface area contributed by atoms with E-state index in [9.17, 15) is 9.59 Å². The summed E-state index contributed by atoms with van der Waals surface area (Å²) in [6.07, 6.45) is 0. The van der Waals surface area contributed by atoms with Crippen LogP contribution in [0.2, 0.25) is 0 Å². The highest BCUT2D eigenvalue weighted by Crippen LogP contribution is 2.27. The lowest BCUT2D eigenvalue weighted by Crippen LogP contribution is -2.25. The van der Waals surface area contributed by atoms with E-state index in [2.05, 4.69) is 5.32 Å². The minimum atomic E-state index is -0.702. The molecule has 0 atom stereocenters. The van der Waals surface area contributed by atoms with Crippen LogP contribution in [-0.4, -0.2) is 25.5 Å². The van der Waals surface area contributed by atoms with Crippen LogP contribution in [0.4, 0.5) is 0 Å². The number of ether oxygens (including phenoxy) is 2. The van der Waals surface area contributed by atoms with Gasteiger partial charge >= 0.3 is 5.97 Å². The average Bonchev–Trinajstić information content (AvgIpc) is 3.03. The summed E-state index contributed by atoms with van der Waals surface area (Å²) in [7, 11) is 1.47. The number of esters is 1. The Bertz CT molecular complexity index is 885. The smallest absolute Gasteiger partial charge is 0.375 e. The van der Waals surface area contributed by atoms with Crippen molar-refractivity contribution in [3.63, 3.8) is 0 Å². The lowest BCUT2D eigenvalue weighted by atomic mass is 10.1. The van der Waals surface area contributed by atoms with E-state index in [0.29, 0.717) is 16.9 Å². The predicted molar refractivity (Wildman–Crippen MR) is 91.3 cm³/mol. The molecule has 1 heterocycles. The number of benzene rings is 2. The molecule has 0 saturated carbocycles. The maximum Gasteiger partial charge on any atom is 0.375 e. The number of likely N-dealkylation sites (N-methyl/N-ethyl adjacent to an activating group) is 1. The molecular weight excluding hydrogens is 322 g/mol. The molecular formula is C19H17NO5. The van der Waals surface area contributed by atoms with Gasteiger partial charge in [0.15, 0.2) is 6.61 Å². The summed E-state index contributed by atoms with van der Waals surface area (Å²) in [5.41, 5.74) is 1.14. The second-order valence-electron chi connectivity index (χ2n) is 5.26. The molecule has 6 heteroatoms. The summed E-state index contributed by atoms with van der Waals surface area (Å²) in [5, 5.41) is 3.16. The molecule has 3 aromatic rings. The third kappa shape index (κ3) is 3.80. The highest BCUT2D eigenvalue weighted by Gasteiger charge is 2.23. The SMILES string of the molecule is CNC(=O)COC(=O)c1oc2ccccc2c1COc1ccccc1. The molecule has 1 aromatic heterocycles. The van der Waals surface area contributed by atoms with E-state index in [1.807, 2.05) is 48.5 Å². The fourth-order valence-electron chi connectivity index (χ4n) is 2.35. The van der Waals surface area contributed by atoms with E-state index in [1.165, 1.54) is 7.05 Å². The highest BCUT2D eigenvalue weighted by atomic mass is 16.5. The fraction of sp³-hybridized carbons (Fsp3) is 0.158. The van der Waals surface area contributed by atoms with Gasteiger partial charge in [0.1, 0.15) is 17.9 Å². The standard InChI is InChI=1S/C19H17NO5/c1-20-17(21)12-24-19(22)18-15(11-23-13-7-3-2-4-8-13)14-9-5-6-10-16(14)25-18/h2-10H,11-12H2,1H3,(H,20,21). The minimum absolute atomic E-state index is 0.0426. The first kappa shape index (κ1) is 16.6. The van der Waals surface area contributed by atoms with Crippen molar-refractivity contribution in [2.75, 3.05) is 13.7 Å². The Kier molecular flexibility index (Phi) is 4.99. The van der Waals surface area contributed by atoms with Crippen molar-refractivity contribution in [3.05, 3.63) is 65.9 Å². The number of rotatable bonds is 6. The van der Waals surface area contributed by atoms with Crippen molar-refractivity contribution in [2.24, 2.45) is 0 Å². The first-order valence-electron chi connectivity index (χ1n) is 7.75. The number of hydrogen-bond donors (Lipinski definition) is 1. The van der Waals surface area contributed by atoms with Crippen molar-refractivity contribution in [2.45, 2.75) is 6.61 Å². The maximum atomic E-state index is 12.3. The number of amides is 1. The Morgan fingerprint density at radius 3 is 2.52 bits per heavy atom. The molecule has 128 valence electrons. The summed E-state index contributed by atoms with van der Waals surface area (Å²) in [4.78, 5) is 23.6. The van der Waals surface area contributed by atoms with Crippen molar-refractivity contribution >= 4 is 22.8 Å². The molecule has 3 rings (SSSR count). The summed E-state index contributed by atoms with van der Waals surface area (Å²) >= 11 is 0. The minimum Gasteiger partial charge on any atom is -0.489 e. The van der Waals surface area contributed by atoms with Gasteiger partial charge in [0.05, 0.1) is 5.56 Å². The van der Waals surface area contributed by atoms with E-state index in [-0.39, 0.29) is 19.0 Å². The molecule has 0 radical (unpaired) electrons. The average molecular weight is 339 g/mol. The van der Waals surface area contributed by atoms with E-state index in [4.69, 9.17) is 13.9 Å². The Morgan fingerprint density at radius 1 is 1.04 bits per heavy atom. The van der Waals surface area contributed by atoms with Gasteiger partial charge in [-0.05, 0) is 18.2 Å². The van der Waals surface area contributed by atoms with E-state index in [1.54, 1.807) is 6.07 Å². The zero-order valence-corrected chi connectivity index (χ0v) is 13.7. The topological polar surface area (TPSA) is 77.8 Å². The molecule has 1 N–H and O–H groups in total. The van der Waals surface area contributed by atoms with Crippen molar-refractivity contribution < 1.29 is 23.5 Å². The number of carbonyl (C=O) groups excluding carboxylic acids is 2. The number of furan rings is 1. The molecule has 0 bridgehead atoms. The Balaban J connectivity index is 1.86. The monoisotopic (exact) mass is 339 g/mol. The molecule has 0 saturated heterocycles. The molecule has 0 aliphatic carbocycles. The zero-order valence-electron chi connectivity index (χ0n) is 13.7. The number of hydrogen-bond acceptors (Lipinski definition) is 5. The van der Waals surface area contributed by atoms with Gasteiger partial charge in [-0.1, -0.05) is 36.4 Å². The number of carbonyl (C=O) groups is 2. The first-order chi connectivity index (χ1) is 12.2. The number of nitrogens with one attached hydrogen (secondary N) is 1. The van der Waals surface area contributed by atoms with Crippen LogP contribution in [0.15, 0.2) is 59.0 Å². The Morgan fingerprint density at radius 2 is 1.76 bits per heavy atom. The summed E-state index contributed by atoms with van der Waals surface area (Å²) < 4.78 is 16.4. The van der Waals surface area contributed by atoms with Crippen LogP contribution in [0.25, 0.3) is 11.0 Å². The van der Waals surface area contributed by atoms with Gasteiger partial charge in [-0.15, -0.1) is 0 Å². The van der Waals surface area contributed by atoms with Gasteiger partial charge in [-0.25, -0.2) is 4.79 Å². The van der Waals surface area contributed by atoms with Gasteiger partial charge in [-0.3, -0.25) is 4.79 Å². The third-order valence-electron chi connectivity index (χ3n) is 3.62. The zero-order chi connectivity index (χ0) is 17.6. The molecule has 1 amide bonds. The van der Waals surface area contributed by atoms with Crippen LogP contribution in [0, 0.1) is 0 Å². The first-order valence-corrected chi connectivity index (χ1v) is 7.75. The Hall–Kier alpha value is -3.28. The van der Waals surface area contributed by atoms with Gasteiger partial charge in [0.25, 0.3) is 5.91 Å². The van der Waals surface area contributed by atoms with E-state index in [0.717, 1.165) is 5.39 Å². The third-order valence-corrected chi connectivity index (χ3v) is 3.62. The summed E-state index contributed by atoms with van der Waals surface area (Å²) in [6.45, 7) is -0.225. The van der Waals surface area contributed by atoms with E-state index >= 15 is 0 Å². The van der Waals surface area contributed by atoms with Crippen LogP contribution in [0.5, 0.6) is 5.75 Å². The van der Waals surface area contributed by atoms with Gasteiger partial charge in [0, 0.05) is 12.4 Å². The van der Waals surface area contributed by atoms with Gasteiger partial charge < -0.3 is 19.2 Å². The van der Waals surface area contributed by atoms with Gasteiger partial charge in [-0.2, -0.15) is 0 Å². The molecule has 6 nitrogen and oxygen atoms in total. The molecule has 0 spiro atoms. The molecule has 2 aromatic carbocycles. The summed E-state index contributed by atoms with van der Waals surface area (Å²) in [5.74, 6) is -0.378. The van der Waals surface area contributed by atoms with Crippen molar-refractivity contribution in [1.82, 2.24) is 5.32 Å². The largest absolute Gasteiger partial charge is 0.489 e. The number of fused-ring (bicyclic) bond motifs is 1. The van der Waals surface area contributed by atoms with Crippen LogP contribution in [-0.2, 0) is 16.1 Å². The maximum absolute atomic E-state index is 12.3. The molecule has 0 aliphatic rings. The van der Waals surface area contributed by atoms with Crippen LogP contribution < -0.4 is 10.1 Å². The number of para-hydroxylation sites is 2. The Labute approximate surface area is 144 Å². The van der Waals surface area contributed by atoms with Crippen LogP contribution >= 0.6 is 0 Å². The molecule has 0 aliphatic heterocycles. The highest BCUT2D eigenvalue weighted by molar-refractivity contribution is 5.96. The van der Waals surface area contributed by atoms with Gasteiger partial charge in [0.2, 0.25) is 5.76 Å². The normalized spacial score (nSPS) is 10.4. The predicted octanol–water partition coefficient (Wildman–Crippen LogP) is 2.91. The van der Waals surface area contributed by atoms with Crippen LogP contribution in [0.3, 0.4) is 0 Å². The molecule has 0 fully saturated rings. The quantitative estimate of drug-likeness (QED) is 0.699. The fourth-order valence-corrected chi connectivity index (χ4v) is 2.35. The lowest BCUT2D eigenvalue weighted by Gasteiger charge is -2.07. The van der Waals surface area contributed by atoms with Crippen LogP contribution in [0.1, 0.15) is 16.1 Å². The second kappa shape index (κ2) is 7.53. The second-order valence-corrected chi connectivity index (χ2v) is 5.26. The van der Waals surface area contributed by atoms with Crippen molar-refractivity contribution in [1.29, 1.82) is 0 Å². The lowest BCUT2D eigenvalue weighted by molar-refractivity contribution is -0.123. The van der Waals surface area contributed by atoms with E-state index < -0.39 is 11.9 Å². The van der Waals surface area contributed by atoms with Crippen molar-refractivity contribution in [3.8, 4) is 5.75 Å². The molecule has 0 unspecified atom stereocenters.